The summed E-state index contributed by atoms with van der Waals surface area (Å²) in [4.78, 5) is 20.5. The van der Waals surface area contributed by atoms with Crippen molar-refractivity contribution in [2.45, 2.75) is 52.4 Å². The third-order valence-electron chi connectivity index (χ3n) is 4.04. The molecule has 0 aliphatic heterocycles. The van der Waals surface area contributed by atoms with E-state index in [2.05, 4.69) is 40.5 Å². The Morgan fingerprint density at radius 3 is 2.65 bits per heavy atom. The SMILES string of the molecule is CC(C)CCNc1ncc(C(=O)NCCC2=CCCCC2)cn1. The number of rotatable bonds is 8. The van der Waals surface area contributed by atoms with Gasteiger partial charge in [0.05, 0.1) is 5.56 Å². The summed E-state index contributed by atoms with van der Waals surface area (Å²) in [6.45, 7) is 5.88. The van der Waals surface area contributed by atoms with Crippen molar-refractivity contribution < 1.29 is 4.79 Å². The van der Waals surface area contributed by atoms with Crippen molar-refractivity contribution in [2.75, 3.05) is 18.4 Å². The molecule has 0 saturated heterocycles. The summed E-state index contributed by atoms with van der Waals surface area (Å²) in [7, 11) is 0. The van der Waals surface area contributed by atoms with Gasteiger partial charge in [0.1, 0.15) is 0 Å². The third-order valence-corrected chi connectivity index (χ3v) is 4.04. The number of allylic oxidation sites excluding steroid dienone is 1. The van der Waals surface area contributed by atoms with Crippen molar-refractivity contribution in [3.8, 4) is 0 Å². The first-order valence-electron chi connectivity index (χ1n) is 8.67. The molecule has 1 amide bonds. The zero-order valence-electron chi connectivity index (χ0n) is 14.3. The van der Waals surface area contributed by atoms with Gasteiger partial charge in [-0.05, 0) is 44.4 Å². The molecule has 0 radical (unpaired) electrons. The number of carbonyl (C=O) groups excluding carboxylic acids is 1. The molecule has 1 aliphatic rings. The normalized spacial score (nSPS) is 14.5. The van der Waals surface area contributed by atoms with Gasteiger partial charge in [-0.25, -0.2) is 9.97 Å². The Balaban J connectivity index is 1.72. The van der Waals surface area contributed by atoms with Crippen LogP contribution in [0.4, 0.5) is 5.95 Å². The van der Waals surface area contributed by atoms with Crippen molar-refractivity contribution in [3.63, 3.8) is 0 Å². The van der Waals surface area contributed by atoms with Gasteiger partial charge in [0.15, 0.2) is 0 Å². The first kappa shape index (κ1) is 17.4. The highest BCUT2D eigenvalue weighted by Gasteiger charge is 2.08. The predicted molar refractivity (Wildman–Crippen MR) is 93.5 cm³/mol. The second-order valence-corrected chi connectivity index (χ2v) is 6.52. The molecule has 1 aromatic rings. The van der Waals surface area contributed by atoms with Gasteiger partial charge in [0.2, 0.25) is 5.95 Å². The molecule has 0 aromatic carbocycles. The Labute approximate surface area is 139 Å². The second-order valence-electron chi connectivity index (χ2n) is 6.52. The zero-order chi connectivity index (χ0) is 16.5. The molecule has 1 aromatic heterocycles. The minimum atomic E-state index is -0.102. The largest absolute Gasteiger partial charge is 0.354 e. The number of nitrogens with one attached hydrogen (secondary N) is 2. The molecule has 0 bridgehead atoms. The quantitative estimate of drug-likeness (QED) is 0.720. The summed E-state index contributed by atoms with van der Waals surface area (Å²) in [6, 6.07) is 0. The maximum Gasteiger partial charge on any atom is 0.254 e. The van der Waals surface area contributed by atoms with Crippen molar-refractivity contribution in [2.24, 2.45) is 5.92 Å². The highest BCUT2D eigenvalue weighted by Crippen LogP contribution is 2.19. The van der Waals surface area contributed by atoms with E-state index in [-0.39, 0.29) is 5.91 Å². The molecular formula is C18H28N4O. The van der Waals surface area contributed by atoms with Crippen molar-refractivity contribution in [3.05, 3.63) is 29.6 Å². The standard InChI is InChI=1S/C18H28N4O/c1-14(2)8-10-20-18-21-12-16(13-22-18)17(23)19-11-9-15-6-4-3-5-7-15/h6,12-14H,3-5,7-11H2,1-2H3,(H,19,23)(H,20,21,22). The van der Waals surface area contributed by atoms with Gasteiger partial charge >= 0.3 is 0 Å². The van der Waals surface area contributed by atoms with E-state index in [9.17, 15) is 4.79 Å². The highest BCUT2D eigenvalue weighted by molar-refractivity contribution is 5.93. The van der Waals surface area contributed by atoms with Crippen LogP contribution in [0.1, 0.15) is 62.7 Å². The zero-order valence-corrected chi connectivity index (χ0v) is 14.3. The molecule has 0 saturated carbocycles. The molecule has 5 heteroatoms. The summed E-state index contributed by atoms with van der Waals surface area (Å²) >= 11 is 0. The molecular weight excluding hydrogens is 288 g/mol. The van der Waals surface area contributed by atoms with Gasteiger partial charge in [0, 0.05) is 25.5 Å². The van der Waals surface area contributed by atoms with Crippen molar-refractivity contribution in [1.29, 1.82) is 0 Å². The van der Waals surface area contributed by atoms with Crippen LogP contribution in [0.3, 0.4) is 0 Å². The number of aromatic nitrogens is 2. The smallest absolute Gasteiger partial charge is 0.254 e. The summed E-state index contributed by atoms with van der Waals surface area (Å²) in [5, 5.41) is 6.11. The first-order valence-corrected chi connectivity index (χ1v) is 8.67. The highest BCUT2D eigenvalue weighted by atomic mass is 16.1. The van der Waals surface area contributed by atoms with Crippen LogP contribution in [-0.2, 0) is 0 Å². The van der Waals surface area contributed by atoms with Gasteiger partial charge in [0.25, 0.3) is 5.91 Å². The fourth-order valence-corrected chi connectivity index (χ4v) is 2.58. The molecule has 23 heavy (non-hydrogen) atoms. The fourth-order valence-electron chi connectivity index (χ4n) is 2.58. The molecule has 0 atom stereocenters. The molecule has 0 spiro atoms. The molecule has 126 valence electrons. The topological polar surface area (TPSA) is 66.9 Å². The van der Waals surface area contributed by atoms with E-state index in [1.54, 1.807) is 12.4 Å². The van der Waals surface area contributed by atoms with Gasteiger partial charge in [-0.3, -0.25) is 4.79 Å². The van der Waals surface area contributed by atoms with Crippen molar-refractivity contribution >= 4 is 11.9 Å². The van der Waals surface area contributed by atoms with Crippen molar-refractivity contribution in [1.82, 2.24) is 15.3 Å². The lowest BCUT2D eigenvalue weighted by Gasteiger charge is -2.13. The van der Waals surface area contributed by atoms with E-state index < -0.39 is 0 Å². The van der Waals surface area contributed by atoms with E-state index >= 15 is 0 Å². The molecule has 0 unspecified atom stereocenters. The molecule has 5 nitrogen and oxygen atoms in total. The van der Waals surface area contributed by atoms with Crippen LogP contribution in [0.2, 0.25) is 0 Å². The molecule has 1 aliphatic carbocycles. The minimum absolute atomic E-state index is 0.102. The van der Waals surface area contributed by atoms with E-state index in [4.69, 9.17) is 0 Å². The van der Waals surface area contributed by atoms with Crippen LogP contribution in [0.5, 0.6) is 0 Å². The average Bonchev–Trinajstić information content (AvgIpc) is 2.56. The summed E-state index contributed by atoms with van der Waals surface area (Å²) in [5.74, 6) is 1.12. The molecule has 2 rings (SSSR count). The van der Waals surface area contributed by atoms with Crippen LogP contribution in [0.15, 0.2) is 24.0 Å². The van der Waals surface area contributed by atoms with Gasteiger partial charge in [-0.2, -0.15) is 0 Å². The number of hydrogen-bond donors (Lipinski definition) is 2. The van der Waals surface area contributed by atoms with Gasteiger partial charge in [-0.15, -0.1) is 0 Å². The Hall–Kier alpha value is -1.91. The summed E-state index contributed by atoms with van der Waals surface area (Å²) in [6.07, 6.45) is 12.4. The lowest BCUT2D eigenvalue weighted by Crippen LogP contribution is -2.25. The van der Waals surface area contributed by atoms with Gasteiger partial charge < -0.3 is 10.6 Å². The van der Waals surface area contributed by atoms with Crippen LogP contribution < -0.4 is 10.6 Å². The summed E-state index contributed by atoms with van der Waals surface area (Å²) < 4.78 is 0. The average molecular weight is 316 g/mol. The number of carbonyl (C=O) groups is 1. The first-order chi connectivity index (χ1) is 11.1. The van der Waals surface area contributed by atoms with E-state index in [1.807, 2.05) is 0 Å². The predicted octanol–water partition coefficient (Wildman–Crippen LogP) is 3.55. The lowest BCUT2D eigenvalue weighted by molar-refractivity contribution is 0.0953. The number of amides is 1. The van der Waals surface area contributed by atoms with E-state index in [1.165, 1.54) is 31.3 Å². The Bertz CT molecular complexity index is 522. The van der Waals surface area contributed by atoms with Crippen LogP contribution >= 0.6 is 0 Å². The fraction of sp³-hybridized carbons (Fsp3) is 0.611. The maximum atomic E-state index is 12.1. The number of anilines is 1. The van der Waals surface area contributed by atoms with E-state index in [0.717, 1.165) is 19.4 Å². The maximum absolute atomic E-state index is 12.1. The molecule has 1 heterocycles. The minimum Gasteiger partial charge on any atom is -0.354 e. The van der Waals surface area contributed by atoms with Crippen LogP contribution in [-0.4, -0.2) is 29.0 Å². The summed E-state index contributed by atoms with van der Waals surface area (Å²) in [5.41, 5.74) is 1.98. The monoisotopic (exact) mass is 316 g/mol. The lowest BCUT2D eigenvalue weighted by atomic mass is 9.97. The van der Waals surface area contributed by atoms with Crippen LogP contribution in [0.25, 0.3) is 0 Å². The number of hydrogen-bond acceptors (Lipinski definition) is 4. The van der Waals surface area contributed by atoms with E-state index in [0.29, 0.717) is 24.0 Å². The molecule has 2 N–H and O–H groups in total. The molecule has 0 fully saturated rings. The van der Waals surface area contributed by atoms with Crippen LogP contribution in [0, 0.1) is 5.92 Å². The third kappa shape index (κ3) is 6.38. The Kier molecular flexibility index (Phi) is 7.04. The van der Waals surface area contributed by atoms with Gasteiger partial charge in [-0.1, -0.05) is 25.5 Å². The second kappa shape index (κ2) is 9.28. The Morgan fingerprint density at radius 2 is 2.00 bits per heavy atom. The Morgan fingerprint density at radius 1 is 1.22 bits per heavy atom. The number of nitrogens with zero attached hydrogens (tertiary/aromatic N) is 2.